The van der Waals surface area contributed by atoms with Crippen LogP contribution in [0.25, 0.3) is 0 Å². The maximum absolute atomic E-state index is 13.2. The summed E-state index contributed by atoms with van der Waals surface area (Å²) in [5.41, 5.74) is 17.4. The van der Waals surface area contributed by atoms with E-state index in [-0.39, 0.29) is 24.0 Å². The average Bonchev–Trinajstić information content (AvgIpc) is 3.34. The molecule has 1 saturated heterocycles. The Labute approximate surface area is 215 Å². The zero-order chi connectivity index (χ0) is 26.7. The molecule has 9 N–H and O–H groups in total. The van der Waals surface area contributed by atoms with Crippen molar-refractivity contribution >= 4 is 42.3 Å². The van der Waals surface area contributed by atoms with Gasteiger partial charge in [-0.3, -0.25) is 19.4 Å². The molecule has 1 fully saturated rings. The average molecular weight is 522 g/mol. The van der Waals surface area contributed by atoms with Gasteiger partial charge in [-0.2, -0.15) is 12.6 Å². The zero-order valence-corrected chi connectivity index (χ0v) is 20.9. The lowest BCUT2D eigenvalue weighted by molar-refractivity contribution is -0.142. The molecule has 13 heteroatoms. The third kappa shape index (κ3) is 8.72. The van der Waals surface area contributed by atoms with Crippen molar-refractivity contribution in [3.8, 4) is 0 Å². The molecule has 3 amide bonds. The number of guanidine groups is 1. The van der Waals surface area contributed by atoms with Gasteiger partial charge in [0.1, 0.15) is 18.1 Å². The Morgan fingerprint density at radius 2 is 1.83 bits per heavy atom. The van der Waals surface area contributed by atoms with E-state index >= 15 is 0 Å². The Bertz CT molecular complexity index is 942. The largest absolute Gasteiger partial charge is 0.480 e. The van der Waals surface area contributed by atoms with Crippen LogP contribution < -0.4 is 27.8 Å². The Morgan fingerprint density at radius 3 is 2.44 bits per heavy atom. The van der Waals surface area contributed by atoms with Gasteiger partial charge in [-0.15, -0.1) is 0 Å². The lowest BCUT2D eigenvalue weighted by Gasteiger charge is -2.28. The topological polar surface area (TPSA) is 206 Å². The van der Waals surface area contributed by atoms with Crippen LogP contribution in [-0.4, -0.2) is 82.7 Å². The highest BCUT2D eigenvalue weighted by Gasteiger charge is 2.37. The fourth-order valence-corrected chi connectivity index (χ4v) is 4.19. The molecule has 0 saturated carbocycles. The van der Waals surface area contributed by atoms with Crippen molar-refractivity contribution in [2.75, 3.05) is 18.8 Å². The van der Waals surface area contributed by atoms with Crippen molar-refractivity contribution in [1.82, 2.24) is 15.5 Å². The smallest absolute Gasteiger partial charge is 0.327 e. The number of carboxylic acid groups (broad SMARTS) is 1. The van der Waals surface area contributed by atoms with Crippen LogP contribution in [0.2, 0.25) is 0 Å². The number of aliphatic imine (C=N–C) groups is 1. The first-order valence-electron chi connectivity index (χ1n) is 11.7. The molecule has 1 aliphatic heterocycles. The fourth-order valence-electron chi connectivity index (χ4n) is 3.94. The van der Waals surface area contributed by atoms with E-state index in [1.165, 1.54) is 4.90 Å². The summed E-state index contributed by atoms with van der Waals surface area (Å²) < 4.78 is 0. The van der Waals surface area contributed by atoms with Crippen molar-refractivity contribution < 1.29 is 24.3 Å². The first-order chi connectivity index (χ1) is 17.1. The first kappa shape index (κ1) is 28.9. The molecule has 36 heavy (non-hydrogen) atoms. The van der Waals surface area contributed by atoms with Gasteiger partial charge in [0.05, 0.1) is 6.04 Å². The number of aliphatic carboxylic acids is 1. The van der Waals surface area contributed by atoms with Crippen LogP contribution >= 0.6 is 12.6 Å². The summed E-state index contributed by atoms with van der Waals surface area (Å²) in [6.45, 7) is 0.710. The molecule has 0 spiro atoms. The number of rotatable bonds is 13. The molecule has 1 aliphatic rings. The molecule has 4 atom stereocenters. The normalized spacial score (nSPS) is 17.5. The second-order valence-electron chi connectivity index (χ2n) is 8.58. The lowest BCUT2D eigenvalue weighted by atomic mass is 10.0. The molecule has 4 unspecified atom stereocenters. The quantitative estimate of drug-likeness (QED) is 0.0708. The van der Waals surface area contributed by atoms with E-state index in [1.807, 2.05) is 6.07 Å². The summed E-state index contributed by atoms with van der Waals surface area (Å²) in [6.07, 6.45) is 2.03. The molecule has 198 valence electrons. The molecule has 12 nitrogen and oxygen atoms in total. The van der Waals surface area contributed by atoms with Gasteiger partial charge in [-0.1, -0.05) is 30.3 Å². The monoisotopic (exact) mass is 521 g/mol. The predicted molar refractivity (Wildman–Crippen MR) is 138 cm³/mol. The van der Waals surface area contributed by atoms with E-state index in [2.05, 4.69) is 28.3 Å². The predicted octanol–water partition coefficient (Wildman–Crippen LogP) is -1.41. The summed E-state index contributed by atoms with van der Waals surface area (Å²) in [4.78, 5) is 55.8. The van der Waals surface area contributed by atoms with Crippen LogP contribution in [-0.2, 0) is 25.6 Å². The maximum atomic E-state index is 13.2. The molecule has 0 aliphatic carbocycles. The Kier molecular flexibility index (Phi) is 11.5. The maximum Gasteiger partial charge on any atom is 0.327 e. The number of thiol groups is 1. The van der Waals surface area contributed by atoms with Gasteiger partial charge >= 0.3 is 5.97 Å². The summed E-state index contributed by atoms with van der Waals surface area (Å²) in [5, 5.41) is 14.4. The van der Waals surface area contributed by atoms with Gasteiger partial charge in [0.2, 0.25) is 17.7 Å². The summed E-state index contributed by atoms with van der Waals surface area (Å²) in [5.74, 6) is -2.89. The number of amides is 3. The highest BCUT2D eigenvalue weighted by Crippen LogP contribution is 2.20. The Balaban J connectivity index is 2.09. The number of likely N-dealkylation sites (tertiary alicyclic amines) is 1. The van der Waals surface area contributed by atoms with Crippen molar-refractivity contribution in [2.45, 2.75) is 56.3 Å². The number of benzene rings is 1. The minimum Gasteiger partial charge on any atom is -0.480 e. The van der Waals surface area contributed by atoms with Gasteiger partial charge in [-0.25, -0.2) is 4.79 Å². The number of nitrogens with two attached hydrogens (primary N) is 3. The van der Waals surface area contributed by atoms with Gasteiger partial charge in [0, 0.05) is 25.3 Å². The van der Waals surface area contributed by atoms with Gasteiger partial charge in [-0.05, 0) is 31.2 Å². The molecule has 1 heterocycles. The number of hydrogen-bond acceptors (Lipinski definition) is 7. The van der Waals surface area contributed by atoms with Crippen LogP contribution in [0.3, 0.4) is 0 Å². The number of carbonyl (C=O) groups excluding carboxylic acids is 3. The van der Waals surface area contributed by atoms with E-state index in [4.69, 9.17) is 17.2 Å². The van der Waals surface area contributed by atoms with Crippen molar-refractivity contribution in [2.24, 2.45) is 22.2 Å². The molecule has 0 bridgehead atoms. The van der Waals surface area contributed by atoms with E-state index in [0.29, 0.717) is 38.8 Å². The van der Waals surface area contributed by atoms with Crippen LogP contribution in [0.1, 0.15) is 31.2 Å². The number of carbonyl (C=O) groups is 4. The van der Waals surface area contributed by atoms with Crippen molar-refractivity contribution in [3.05, 3.63) is 35.9 Å². The summed E-state index contributed by atoms with van der Waals surface area (Å²) in [6, 6.07) is 5.15. The SMILES string of the molecule is NC(N)=NCCCC(N)C(=O)N1CCCC1C(=O)NC(Cc1ccccc1)C(=O)NC(CS)C(=O)O. The molecular weight excluding hydrogens is 486 g/mol. The van der Waals surface area contributed by atoms with E-state index in [1.54, 1.807) is 24.3 Å². The van der Waals surface area contributed by atoms with Crippen LogP contribution in [0.15, 0.2) is 35.3 Å². The van der Waals surface area contributed by atoms with E-state index < -0.39 is 42.0 Å². The Hall–Kier alpha value is -3.32. The molecule has 1 aromatic rings. The van der Waals surface area contributed by atoms with Crippen LogP contribution in [0.4, 0.5) is 0 Å². The first-order valence-corrected chi connectivity index (χ1v) is 12.4. The van der Waals surface area contributed by atoms with Gasteiger partial charge in [0.15, 0.2) is 5.96 Å². The van der Waals surface area contributed by atoms with Crippen LogP contribution in [0.5, 0.6) is 0 Å². The van der Waals surface area contributed by atoms with E-state index in [9.17, 15) is 24.3 Å². The fraction of sp³-hybridized carbons (Fsp3) is 0.522. The molecule has 0 aromatic heterocycles. The minimum absolute atomic E-state index is 0.0377. The third-order valence-electron chi connectivity index (χ3n) is 5.84. The second kappa shape index (κ2) is 14.3. The second-order valence-corrected chi connectivity index (χ2v) is 8.94. The third-order valence-corrected chi connectivity index (χ3v) is 6.20. The molecule has 2 rings (SSSR count). The van der Waals surface area contributed by atoms with Gasteiger partial charge in [0.25, 0.3) is 0 Å². The summed E-state index contributed by atoms with van der Waals surface area (Å²) in [7, 11) is 0. The summed E-state index contributed by atoms with van der Waals surface area (Å²) >= 11 is 3.97. The van der Waals surface area contributed by atoms with E-state index in [0.717, 1.165) is 5.56 Å². The molecule has 1 aromatic carbocycles. The van der Waals surface area contributed by atoms with Crippen LogP contribution in [0, 0.1) is 0 Å². The van der Waals surface area contributed by atoms with Crippen molar-refractivity contribution in [1.29, 1.82) is 0 Å². The molecular formula is C23H35N7O5S. The number of nitrogens with zero attached hydrogens (tertiary/aromatic N) is 2. The zero-order valence-electron chi connectivity index (χ0n) is 20.0. The number of hydrogen-bond donors (Lipinski definition) is 7. The number of nitrogens with one attached hydrogen (secondary N) is 2. The number of carboxylic acids is 1. The minimum atomic E-state index is -1.23. The Morgan fingerprint density at radius 1 is 1.14 bits per heavy atom. The highest BCUT2D eigenvalue weighted by atomic mass is 32.1. The lowest BCUT2D eigenvalue weighted by Crippen LogP contribution is -2.57. The van der Waals surface area contributed by atoms with Gasteiger partial charge < -0.3 is 37.8 Å². The molecule has 0 radical (unpaired) electrons. The highest BCUT2D eigenvalue weighted by molar-refractivity contribution is 7.80. The standard InChI is InChI=1S/C23H35N7O5S/c24-15(8-4-10-27-23(25)26)21(33)30-11-5-9-18(30)20(32)28-16(12-14-6-2-1-3-7-14)19(31)29-17(13-36)22(34)35/h1-3,6-7,15-18,36H,4-5,8-13,24H2,(H,28,32)(H,29,31)(H,34,35)(H4,25,26,27). The van der Waals surface area contributed by atoms with Crippen molar-refractivity contribution in [3.63, 3.8) is 0 Å².